The van der Waals surface area contributed by atoms with Gasteiger partial charge in [-0.1, -0.05) is 73.5 Å². The zero-order valence-corrected chi connectivity index (χ0v) is 33.9. The summed E-state index contributed by atoms with van der Waals surface area (Å²) in [6.45, 7) is 4.25. The quantitative estimate of drug-likeness (QED) is 0.108. The van der Waals surface area contributed by atoms with Crippen LogP contribution >= 0.6 is 11.6 Å². The molecule has 2 fully saturated rings. The zero-order valence-electron chi connectivity index (χ0n) is 33.2. The van der Waals surface area contributed by atoms with Crippen molar-refractivity contribution in [3.8, 4) is 22.8 Å². The predicted molar refractivity (Wildman–Crippen MR) is 220 cm³/mol. The standard InChI is InChI=1S/C21H24N4O4.C12H9ClN4O.C9H16O3/c1-2-28-19(27)21(11-7-4-8-12-21)29-14-16-13-17(26)25-20(22-16)23-18(24-25)15-9-5-3-6-10-15;13-7-9-6-10(18)17-12(14-9)15-11(16-17)8-4-2-1-3-5-8;1-2-12-8(10)9(11)6-4-3-5-7-9/h3,5-6,9-10,13H,2,4,7-8,11-12,14H2,1H3,(H,22,23,24);1-6H,7H2,(H,14,15,16);11H,2-7H2,1H3. The normalized spacial score (nSPS) is 15.7. The van der Waals surface area contributed by atoms with E-state index in [0.717, 1.165) is 49.7 Å². The van der Waals surface area contributed by atoms with E-state index >= 15 is 0 Å². The van der Waals surface area contributed by atoms with E-state index in [0.29, 0.717) is 67.7 Å². The summed E-state index contributed by atoms with van der Waals surface area (Å²) in [6, 6.07) is 21.9. The number of halogens is 1. The van der Waals surface area contributed by atoms with Crippen LogP contribution in [0.2, 0.25) is 0 Å². The van der Waals surface area contributed by atoms with E-state index < -0.39 is 17.2 Å². The first-order valence-electron chi connectivity index (χ1n) is 19.9. The van der Waals surface area contributed by atoms with Gasteiger partial charge in [0.2, 0.25) is 0 Å². The van der Waals surface area contributed by atoms with Crippen LogP contribution in [0.15, 0.2) is 82.4 Å². The Kier molecular flexibility index (Phi) is 14.4. The molecule has 3 N–H and O–H groups in total. The molecule has 0 aliphatic heterocycles. The third-order valence-electron chi connectivity index (χ3n) is 10.1. The summed E-state index contributed by atoms with van der Waals surface area (Å²) in [4.78, 5) is 65.4. The Morgan fingerprint density at radius 1 is 0.678 bits per heavy atom. The molecule has 2 saturated carbocycles. The molecule has 0 bridgehead atoms. The lowest BCUT2D eigenvalue weighted by atomic mass is 9.84. The van der Waals surface area contributed by atoms with Gasteiger partial charge >= 0.3 is 11.9 Å². The summed E-state index contributed by atoms with van der Waals surface area (Å²) in [6.07, 6.45) is 8.22. The number of benzene rings is 2. The number of esters is 2. The number of ether oxygens (including phenoxy) is 3. The number of aromatic amines is 2. The van der Waals surface area contributed by atoms with E-state index in [1.165, 1.54) is 21.2 Å². The van der Waals surface area contributed by atoms with Crippen molar-refractivity contribution < 1.29 is 28.9 Å². The molecule has 6 aromatic rings. The maximum absolute atomic E-state index is 12.5. The fourth-order valence-corrected chi connectivity index (χ4v) is 7.20. The highest BCUT2D eigenvalue weighted by Gasteiger charge is 2.42. The highest BCUT2D eigenvalue weighted by atomic mass is 35.5. The summed E-state index contributed by atoms with van der Waals surface area (Å²) in [5.74, 6) is 1.18. The monoisotopic (exact) mass is 828 g/mol. The third kappa shape index (κ3) is 10.5. The zero-order chi connectivity index (χ0) is 41.8. The van der Waals surface area contributed by atoms with Crippen molar-refractivity contribution >= 4 is 35.1 Å². The second kappa shape index (κ2) is 19.8. The van der Waals surface area contributed by atoms with Gasteiger partial charge in [0, 0.05) is 23.3 Å². The molecule has 2 aromatic carbocycles. The first-order valence-corrected chi connectivity index (χ1v) is 20.5. The summed E-state index contributed by atoms with van der Waals surface area (Å²) in [5.41, 5.74) is 0.0925. The molecular formula is C42H49ClN8O8. The predicted octanol–water partition coefficient (Wildman–Crippen LogP) is 5.94. The minimum absolute atomic E-state index is 0.0537. The molecule has 0 saturated heterocycles. The SMILES string of the molecule is CCOC(=O)C1(O)CCCCC1.CCOC(=O)C1(OCc2cc(=O)n3[nH]c(-c4ccccc4)nc3n2)CCCCC1.O=c1cc(CCl)nc2nc(-c3ccccc3)[nH]n12. The van der Waals surface area contributed by atoms with Crippen LogP contribution in [-0.2, 0) is 36.3 Å². The number of carbonyl (C=O) groups excluding carboxylic acids is 2. The summed E-state index contributed by atoms with van der Waals surface area (Å²) >= 11 is 5.67. The number of aromatic nitrogens is 8. The van der Waals surface area contributed by atoms with Crippen molar-refractivity contribution in [1.82, 2.24) is 39.2 Å². The Balaban J connectivity index is 0.000000165. The molecule has 312 valence electrons. The van der Waals surface area contributed by atoms with Crippen molar-refractivity contribution in [2.75, 3.05) is 13.2 Å². The van der Waals surface area contributed by atoms with Crippen LogP contribution in [0.5, 0.6) is 0 Å². The van der Waals surface area contributed by atoms with Crippen LogP contribution in [0.25, 0.3) is 34.3 Å². The van der Waals surface area contributed by atoms with Gasteiger partial charge in [0.25, 0.3) is 22.7 Å². The lowest BCUT2D eigenvalue weighted by Gasteiger charge is -2.34. The minimum atomic E-state index is -1.17. The summed E-state index contributed by atoms with van der Waals surface area (Å²) in [7, 11) is 0. The molecule has 17 heteroatoms. The maximum atomic E-state index is 12.5. The third-order valence-corrected chi connectivity index (χ3v) is 10.4. The number of fused-ring (bicyclic) bond motifs is 2. The van der Waals surface area contributed by atoms with Gasteiger partial charge in [0.1, 0.15) is 0 Å². The highest BCUT2D eigenvalue weighted by molar-refractivity contribution is 6.16. The lowest BCUT2D eigenvalue weighted by molar-refractivity contribution is -0.179. The van der Waals surface area contributed by atoms with E-state index in [1.54, 1.807) is 13.8 Å². The van der Waals surface area contributed by atoms with Crippen molar-refractivity contribution in [3.05, 3.63) is 105 Å². The van der Waals surface area contributed by atoms with Gasteiger partial charge in [-0.15, -0.1) is 11.6 Å². The lowest BCUT2D eigenvalue weighted by Crippen LogP contribution is -2.44. The Morgan fingerprint density at radius 3 is 1.63 bits per heavy atom. The topological polar surface area (TPSA) is 208 Å². The van der Waals surface area contributed by atoms with Crippen LogP contribution in [0.3, 0.4) is 0 Å². The van der Waals surface area contributed by atoms with Crippen molar-refractivity contribution in [2.45, 2.75) is 102 Å². The average Bonchev–Trinajstić information content (AvgIpc) is 3.91. The molecule has 0 radical (unpaired) electrons. The van der Waals surface area contributed by atoms with Crippen molar-refractivity contribution in [1.29, 1.82) is 0 Å². The summed E-state index contributed by atoms with van der Waals surface area (Å²) in [5, 5.41) is 15.7. The number of nitrogens with zero attached hydrogens (tertiary/aromatic N) is 6. The van der Waals surface area contributed by atoms with Crippen molar-refractivity contribution in [3.63, 3.8) is 0 Å². The maximum Gasteiger partial charge on any atom is 0.338 e. The smallest absolute Gasteiger partial charge is 0.338 e. The van der Waals surface area contributed by atoms with Gasteiger partial charge in [0.05, 0.1) is 37.1 Å². The fourth-order valence-electron chi connectivity index (χ4n) is 7.06. The van der Waals surface area contributed by atoms with Crippen LogP contribution in [0.1, 0.15) is 89.4 Å². The average molecular weight is 829 g/mol. The summed E-state index contributed by atoms with van der Waals surface area (Å²) < 4.78 is 18.7. The van der Waals surface area contributed by atoms with Crippen molar-refractivity contribution in [2.24, 2.45) is 0 Å². The largest absolute Gasteiger partial charge is 0.464 e. The second-order valence-corrected chi connectivity index (χ2v) is 14.6. The Morgan fingerprint density at radius 2 is 1.14 bits per heavy atom. The van der Waals surface area contributed by atoms with E-state index in [1.807, 2.05) is 60.7 Å². The molecule has 4 heterocycles. The van der Waals surface area contributed by atoms with Gasteiger partial charge < -0.3 is 19.3 Å². The molecule has 2 aliphatic carbocycles. The molecular weight excluding hydrogens is 780 g/mol. The molecule has 0 spiro atoms. The van der Waals surface area contributed by atoms with E-state index in [2.05, 4.69) is 30.1 Å². The van der Waals surface area contributed by atoms with Gasteiger partial charge in [0.15, 0.2) is 22.9 Å². The van der Waals surface area contributed by atoms with Crippen LogP contribution in [-0.4, -0.2) is 80.6 Å². The Labute approximate surface area is 344 Å². The fraction of sp³-hybridized carbons (Fsp3) is 0.429. The molecule has 8 rings (SSSR count). The van der Waals surface area contributed by atoms with Gasteiger partial charge in [-0.2, -0.15) is 19.0 Å². The Hall–Kier alpha value is -5.71. The van der Waals surface area contributed by atoms with E-state index in [9.17, 15) is 24.3 Å². The number of hydrogen-bond acceptors (Lipinski definition) is 12. The molecule has 0 atom stereocenters. The number of aliphatic hydroxyl groups is 1. The van der Waals surface area contributed by atoms with E-state index in [-0.39, 0.29) is 35.4 Å². The minimum Gasteiger partial charge on any atom is -0.464 e. The number of H-pyrrole nitrogens is 2. The first-order chi connectivity index (χ1) is 28.6. The number of hydrogen-bond donors (Lipinski definition) is 3. The van der Waals surface area contributed by atoms with Gasteiger partial charge in [-0.05, 0) is 65.2 Å². The Bertz CT molecular complexity index is 2440. The second-order valence-electron chi connectivity index (χ2n) is 14.3. The van der Waals surface area contributed by atoms with Crippen LogP contribution in [0, 0.1) is 0 Å². The first kappa shape index (κ1) is 42.9. The molecule has 4 aromatic heterocycles. The molecule has 2 aliphatic rings. The van der Waals surface area contributed by atoms with Gasteiger partial charge in [-0.3, -0.25) is 19.8 Å². The highest BCUT2D eigenvalue weighted by Crippen LogP contribution is 2.34. The number of nitrogens with one attached hydrogen (secondary N) is 2. The van der Waals surface area contributed by atoms with E-state index in [4.69, 9.17) is 25.8 Å². The van der Waals surface area contributed by atoms with Crippen LogP contribution in [0.4, 0.5) is 0 Å². The molecule has 0 amide bonds. The van der Waals surface area contributed by atoms with Gasteiger partial charge in [-0.25, -0.2) is 19.6 Å². The van der Waals surface area contributed by atoms with Crippen LogP contribution < -0.4 is 11.1 Å². The molecule has 0 unspecified atom stereocenters. The molecule has 59 heavy (non-hydrogen) atoms. The number of carbonyl (C=O) groups is 2. The molecule has 16 nitrogen and oxygen atoms in total. The number of alkyl halides is 1. The number of rotatable bonds is 10.